The maximum atomic E-state index is 3.56. The largest absolute Gasteiger partial charge is 0.312 e. The highest BCUT2D eigenvalue weighted by atomic mass is 14.9. The molecular formula is C19H25N. The number of rotatable bonds is 7. The Morgan fingerprint density at radius 3 is 2.00 bits per heavy atom. The van der Waals surface area contributed by atoms with Gasteiger partial charge in [0.1, 0.15) is 0 Å². The average molecular weight is 267 g/mol. The van der Waals surface area contributed by atoms with Gasteiger partial charge in [0, 0.05) is 6.54 Å². The van der Waals surface area contributed by atoms with Gasteiger partial charge < -0.3 is 5.32 Å². The SMILES string of the molecule is CCC(CC)CNCc1ccc(-c2ccccc2)cc1. The van der Waals surface area contributed by atoms with Gasteiger partial charge in [-0.25, -0.2) is 0 Å². The van der Waals surface area contributed by atoms with Gasteiger partial charge in [0.05, 0.1) is 0 Å². The molecule has 0 saturated carbocycles. The fourth-order valence-electron chi connectivity index (χ4n) is 2.44. The summed E-state index contributed by atoms with van der Waals surface area (Å²) in [6.45, 7) is 6.62. The normalized spacial score (nSPS) is 10.9. The summed E-state index contributed by atoms with van der Waals surface area (Å²) in [5.74, 6) is 0.804. The zero-order valence-electron chi connectivity index (χ0n) is 12.6. The van der Waals surface area contributed by atoms with Crippen LogP contribution < -0.4 is 5.32 Å². The molecule has 0 heterocycles. The Labute approximate surface area is 123 Å². The van der Waals surface area contributed by atoms with Gasteiger partial charge in [-0.15, -0.1) is 0 Å². The molecule has 2 rings (SSSR count). The molecule has 0 saturated heterocycles. The fourth-order valence-corrected chi connectivity index (χ4v) is 2.44. The fraction of sp³-hybridized carbons (Fsp3) is 0.368. The topological polar surface area (TPSA) is 12.0 Å². The summed E-state index contributed by atoms with van der Waals surface area (Å²) < 4.78 is 0. The molecule has 1 heteroatoms. The van der Waals surface area contributed by atoms with Crippen LogP contribution in [0.3, 0.4) is 0 Å². The highest BCUT2D eigenvalue weighted by molar-refractivity contribution is 5.63. The summed E-state index contributed by atoms with van der Waals surface area (Å²) in [7, 11) is 0. The predicted molar refractivity (Wildman–Crippen MR) is 87.7 cm³/mol. The summed E-state index contributed by atoms with van der Waals surface area (Å²) in [6, 6.07) is 19.4. The van der Waals surface area contributed by atoms with E-state index in [0.717, 1.165) is 19.0 Å². The van der Waals surface area contributed by atoms with Gasteiger partial charge in [-0.1, -0.05) is 81.3 Å². The molecule has 0 fully saturated rings. The molecule has 0 aliphatic heterocycles. The summed E-state index contributed by atoms with van der Waals surface area (Å²) in [6.07, 6.45) is 2.52. The van der Waals surface area contributed by atoms with Gasteiger partial charge in [0.25, 0.3) is 0 Å². The van der Waals surface area contributed by atoms with Crippen molar-refractivity contribution in [3.05, 3.63) is 60.2 Å². The van der Waals surface area contributed by atoms with E-state index < -0.39 is 0 Å². The maximum absolute atomic E-state index is 3.56. The number of benzene rings is 2. The van der Waals surface area contributed by atoms with Crippen molar-refractivity contribution >= 4 is 0 Å². The van der Waals surface area contributed by atoms with Crippen molar-refractivity contribution in [3.8, 4) is 11.1 Å². The molecule has 20 heavy (non-hydrogen) atoms. The van der Waals surface area contributed by atoms with Crippen molar-refractivity contribution in [1.82, 2.24) is 5.32 Å². The zero-order chi connectivity index (χ0) is 14.2. The van der Waals surface area contributed by atoms with Gasteiger partial charge in [0.2, 0.25) is 0 Å². The van der Waals surface area contributed by atoms with Gasteiger partial charge in [-0.05, 0) is 29.2 Å². The van der Waals surface area contributed by atoms with E-state index in [1.165, 1.54) is 29.5 Å². The molecule has 0 bridgehead atoms. The number of hydrogen-bond donors (Lipinski definition) is 1. The minimum atomic E-state index is 0.804. The zero-order valence-corrected chi connectivity index (χ0v) is 12.6. The Kier molecular flexibility index (Phi) is 5.82. The second-order valence-corrected chi connectivity index (χ2v) is 5.38. The van der Waals surface area contributed by atoms with E-state index in [2.05, 4.69) is 73.8 Å². The first kappa shape index (κ1) is 14.8. The van der Waals surface area contributed by atoms with E-state index in [9.17, 15) is 0 Å². The molecule has 0 unspecified atom stereocenters. The van der Waals surface area contributed by atoms with Crippen LogP contribution in [-0.4, -0.2) is 6.54 Å². The molecule has 0 aromatic heterocycles. The van der Waals surface area contributed by atoms with Crippen molar-refractivity contribution in [3.63, 3.8) is 0 Å². The third-order valence-electron chi connectivity index (χ3n) is 3.98. The van der Waals surface area contributed by atoms with E-state index >= 15 is 0 Å². The van der Waals surface area contributed by atoms with E-state index in [0.29, 0.717) is 0 Å². The Morgan fingerprint density at radius 1 is 0.800 bits per heavy atom. The van der Waals surface area contributed by atoms with Gasteiger partial charge in [0.15, 0.2) is 0 Å². The molecule has 0 radical (unpaired) electrons. The van der Waals surface area contributed by atoms with Crippen LogP contribution in [0.2, 0.25) is 0 Å². The van der Waals surface area contributed by atoms with Crippen LogP contribution >= 0.6 is 0 Å². The molecule has 0 spiro atoms. The minimum absolute atomic E-state index is 0.804. The average Bonchev–Trinajstić information content (AvgIpc) is 2.53. The molecule has 0 atom stereocenters. The Balaban J connectivity index is 1.89. The van der Waals surface area contributed by atoms with Crippen molar-refractivity contribution in [2.24, 2.45) is 5.92 Å². The molecule has 2 aromatic carbocycles. The van der Waals surface area contributed by atoms with Crippen LogP contribution in [0.4, 0.5) is 0 Å². The molecule has 1 nitrogen and oxygen atoms in total. The van der Waals surface area contributed by atoms with Gasteiger partial charge >= 0.3 is 0 Å². The minimum Gasteiger partial charge on any atom is -0.312 e. The molecule has 0 aliphatic rings. The summed E-state index contributed by atoms with van der Waals surface area (Å²) in [5, 5.41) is 3.56. The molecule has 2 aromatic rings. The molecular weight excluding hydrogens is 242 g/mol. The first-order valence-corrected chi connectivity index (χ1v) is 7.68. The Hall–Kier alpha value is -1.60. The van der Waals surface area contributed by atoms with Crippen LogP contribution in [0.5, 0.6) is 0 Å². The molecule has 1 N–H and O–H groups in total. The molecule has 0 amide bonds. The van der Waals surface area contributed by atoms with Crippen LogP contribution in [0, 0.1) is 5.92 Å². The van der Waals surface area contributed by atoms with Crippen molar-refractivity contribution in [2.75, 3.05) is 6.54 Å². The summed E-state index contributed by atoms with van der Waals surface area (Å²) in [4.78, 5) is 0. The summed E-state index contributed by atoms with van der Waals surface area (Å²) in [5.41, 5.74) is 3.93. The lowest BCUT2D eigenvalue weighted by Crippen LogP contribution is -2.21. The van der Waals surface area contributed by atoms with E-state index in [4.69, 9.17) is 0 Å². The van der Waals surface area contributed by atoms with Crippen molar-refractivity contribution in [1.29, 1.82) is 0 Å². The highest BCUT2D eigenvalue weighted by Crippen LogP contribution is 2.19. The number of hydrogen-bond acceptors (Lipinski definition) is 1. The van der Waals surface area contributed by atoms with Crippen LogP contribution in [-0.2, 0) is 6.54 Å². The third kappa shape index (κ3) is 4.21. The lowest BCUT2D eigenvalue weighted by atomic mass is 10.0. The smallest absolute Gasteiger partial charge is 0.0205 e. The lowest BCUT2D eigenvalue weighted by Gasteiger charge is -2.13. The monoisotopic (exact) mass is 267 g/mol. The van der Waals surface area contributed by atoms with Crippen LogP contribution in [0.15, 0.2) is 54.6 Å². The molecule has 0 aliphatic carbocycles. The summed E-state index contributed by atoms with van der Waals surface area (Å²) >= 11 is 0. The first-order valence-electron chi connectivity index (χ1n) is 7.68. The van der Waals surface area contributed by atoms with Gasteiger partial charge in [-0.2, -0.15) is 0 Å². The highest BCUT2D eigenvalue weighted by Gasteiger charge is 2.02. The Morgan fingerprint density at radius 2 is 1.40 bits per heavy atom. The lowest BCUT2D eigenvalue weighted by molar-refractivity contribution is 0.449. The van der Waals surface area contributed by atoms with Crippen molar-refractivity contribution in [2.45, 2.75) is 33.2 Å². The first-order chi connectivity index (χ1) is 9.83. The van der Waals surface area contributed by atoms with Crippen molar-refractivity contribution < 1.29 is 0 Å². The second-order valence-electron chi connectivity index (χ2n) is 5.38. The Bertz CT molecular complexity index is 483. The van der Waals surface area contributed by atoms with E-state index in [-0.39, 0.29) is 0 Å². The second kappa shape index (κ2) is 7.86. The maximum Gasteiger partial charge on any atom is 0.0205 e. The number of nitrogens with one attached hydrogen (secondary N) is 1. The third-order valence-corrected chi connectivity index (χ3v) is 3.98. The predicted octanol–water partition coefficient (Wildman–Crippen LogP) is 4.88. The van der Waals surface area contributed by atoms with E-state index in [1.54, 1.807) is 0 Å². The van der Waals surface area contributed by atoms with Crippen LogP contribution in [0.25, 0.3) is 11.1 Å². The van der Waals surface area contributed by atoms with E-state index in [1.807, 2.05) is 0 Å². The molecule has 106 valence electrons. The quantitative estimate of drug-likeness (QED) is 0.754. The van der Waals surface area contributed by atoms with Gasteiger partial charge in [-0.3, -0.25) is 0 Å². The standard InChI is InChI=1S/C19H25N/c1-3-16(4-2)14-20-15-17-10-12-19(13-11-17)18-8-6-5-7-9-18/h5-13,16,20H,3-4,14-15H2,1-2H3. The van der Waals surface area contributed by atoms with Crippen LogP contribution in [0.1, 0.15) is 32.3 Å².